The molecule has 2 aliphatic rings. The van der Waals surface area contributed by atoms with Gasteiger partial charge in [-0.25, -0.2) is 0 Å². The zero-order valence-electron chi connectivity index (χ0n) is 8.62. The number of rotatable bonds is 5. The minimum absolute atomic E-state index is 0.664. The molecule has 76 valence electrons. The van der Waals surface area contributed by atoms with Gasteiger partial charge in [0.05, 0.1) is 6.61 Å². The maximum absolute atomic E-state index is 5.28. The van der Waals surface area contributed by atoms with Gasteiger partial charge in [0.1, 0.15) is 0 Å². The van der Waals surface area contributed by atoms with Gasteiger partial charge in [0.2, 0.25) is 0 Å². The summed E-state index contributed by atoms with van der Waals surface area (Å²) in [5, 5.41) is 3.32. The third kappa shape index (κ3) is 2.03. The van der Waals surface area contributed by atoms with Gasteiger partial charge < -0.3 is 10.1 Å². The molecule has 0 spiro atoms. The Morgan fingerprint density at radius 1 is 1.46 bits per heavy atom. The number of nitrogens with zero attached hydrogens (tertiary/aromatic N) is 1. The van der Waals surface area contributed by atoms with E-state index in [1.165, 1.54) is 12.8 Å². The van der Waals surface area contributed by atoms with E-state index in [0.717, 1.165) is 31.7 Å². The van der Waals surface area contributed by atoms with Crippen LogP contribution < -0.4 is 5.32 Å². The average Bonchev–Trinajstić information content (AvgIpc) is 2.79. The van der Waals surface area contributed by atoms with Crippen LogP contribution in [0.3, 0.4) is 0 Å². The first kappa shape index (κ1) is 9.44. The van der Waals surface area contributed by atoms with E-state index in [1.807, 2.05) is 7.11 Å². The summed E-state index contributed by atoms with van der Waals surface area (Å²) < 4.78 is 5.28. The van der Waals surface area contributed by atoms with Crippen LogP contribution in [0.5, 0.6) is 0 Å². The van der Waals surface area contributed by atoms with Crippen LogP contribution in [0.25, 0.3) is 0 Å². The molecule has 1 unspecified atom stereocenters. The molecule has 0 aromatic carbocycles. The zero-order valence-corrected chi connectivity index (χ0v) is 8.62. The highest BCUT2D eigenvalue weighted by atomic mass is 16.5. The Kier molecular flexibility index (Phi) is 2.86. The molecule has 0 bridgehead atoms. The number of nitrogens with one attached hydrogen (secondary N) is 1. The highest BCUT2D eigenvalue weighted by Gasteiger charge is 2.37. The minimum atomic E-state index is 0.664. The zero-order chi connectivity index (χ0) is 9.26. The second-order valence-electron chi connectivity index (χ2n) is 4.34. The van der Waals surface area contributed by atoms with Gasteiger partial charge in [-0.15, -0.1) is 0 Å². The van der Waals surface area contributed by atoms with E-state index in [9.17, 15) is 0 Å². The maximum atomic E-state index is 5.28. The molecule has 3 heteroatoms. The second-order valence-corrected chi connectivity index (χ2v) is 4.34. The van der Waals surface area contributed by atoms with E-state index < -0.39 is 0 Å². The van der Waals surface area contributed by atoms with E-state index in [-0.39, 0.29) is 0 Å². The number of hydrogen-bond acceptors (Lipinski definition) is 3. The highest BCUT2D eigenvalue weighted by molar-refractivity contribution is 4.93. The lowest BCUT2D eigenvalue weighted by atomic mass is 10.1. The molecule has 1 aliphatic carbocycles. The number of ether oxygens (including phenoxy) is 1. The Labute approximate surface area is 80.4 Å². The Hall–Kier alpha value is -0.120. The van der Waals surface area contributed by atoms with Crippen LogP contribution in [0.15, 0.2) is 0 Å². The van der Waals surface area contributed by atoms with Crippen molar-refractivity contribution >= 4 is 0 Å². The molecule has 1 aliphatic heterocycles. The summed E-state index contributed by atoms with van der Waals surface area (Å²) in [7, 11) is 4.05. The largest absolute Gasteiger partial charge is 0.383 e. The molecule has 0 radical (unpaired) electrons. The fourth-order valence-corrected chi connectivity index (χ4v) is 2.07. The quantitative estimate of drug-likeness (QED) is 0.666. The Morgan fingerprint density at radius 3 is 2.54 bits per heavy atom. The fraction of sp³-hybridized carbons (Fsp3) is 1.00. The van der Waals surface area contributed by atoms with E-state index >= 15 is 0 Å². The van der Waals surface area contributed by atoms with Crippen molar-refractivity contribution in [2.45, 2.75) is 24.9 Å². The van der Waals surface area contributed by atoms with Gasteiger partial charge in [-0.1, -0.05) is 0 Å². The van der Waals surface area contributed by atoms with Crippen LogP contribution in [-0.2, 0) is 4.74 Å². The third-order valence-electron chi connectivity index (χ3n) is 3.36. The summed E-state index contributed by atoms with van der Waals surface area (Å²) in [5.74, 6) is 0.908. The third-order valence-corrected chi connectivity index (χ3v) is 3.36. The molecular weight excluding hydrogens is 164 g/mol. The number of methoxy groups -OCH3 is 1. The normalized spacial score (nSPS) is 26.1. The monoisotopic (exact) mass is 184 g/mol. The van der Waals surface area contributed by atoms with E-state index in [1.54, 1.807) is 0 Å². The average molecular weight is 184 g/mol. The van der Waals surface area contributed by atoms with Crippen molar-refractivity contribution in [3.05, 3.63) is 0 Å². The molecule has 1 heterocycles. The summed E-state index contributed by atoms with van der Waals surface area (Å²) >= 11 is 0. The topological polar surface area (TPSA) is 24.5 Å². The van der Waals surface area contributed by atoms with Crippen LogP contribution in [-0.4, -0.2) is 50.8 Å². The van der Waals surface area contributed by atoms with Crippen molar-refractivity contribution in [1.29, 1.82) is 0 Å². The molecule has 13 heavy (non-hydrogen) atoms. The summed E-state index contributed by atoms with van der Waals surface area (Å²) in [6, 6.07) is 1.41. The van der Waals surface area contributed by atoms with Crippen molar-refractivity contribution in [3.8, 4) is 0 Å². The Balaban J connectivity index is 1.84. The summed E-state index contributed by atoms with van der Waals surface area (Å²) in [5.41, 5.74) is 0. The van der Waals surface area contributed by atoms with E-state index in [4.69, 9.17) is 4.74 Å². The standard InChI is InChI=1S/C10H20N2O/c1-12(9-5-11-6-9)10(7-13-2)8-3-4-8/h8-11H,3-7H2,1-2H3. The van der Waals surface area contributed by atoms with Crippen molar-refractivity contribution in [1.82, 2.24) is 10.2 Å². The van der Waals surface area contributed by atoms with Crippen LogP contribution in [0.1, 0.15) is 12.8 Å². The molecule has 1 saturated carbocycles. The minimum Gasteiger partial charge on any atom is -0.383 e. The smallest absolute Gasteiger partial charge is 0.0620 e. The molecule has 1 N–H and O–H groups in total. The van der Waals surface area contributed by atoms with Gasteiger partial charge in [0.25, 0.3) is 0 Å². The molecule has 2 rings (SSSR count). The summed E-state index contributed by atoms with van der Waals surface area (Å²) in [4.78, 5) is 2.51. The molecule has 0 amide bonds. The molecular formula is C10H20N2O. The first-order valence-electron chi connectivity index (χ1n) is 5.24. The predicted octanol–water partition coefficient (Wildman–Crippen LogP) is 0.315. The van der Waals surface area contributed by atoms with Crippen LogP contribution >= 0.6 is 0 Å². The predicted molar refractivity (Wildman–Crippen MR) is 52.8 cm³/mol. The van der Waals surface area contributed by atoms with Crippen LogP contribution in [0.4, 0.5) is 0 Å². The first-order valence-corrected chi connectivity index (χ1v) is 5.24. The highest BCUT2D eigenvalue weighted by Crippen LogP contribution is 2.35. The van der Waals surface area contributed by atoms with E-state index in [0.29, 0.717) is 6.04 Å². The van der Waals surface area contributed by atoms with Gasteiger partial charge in [-0.2, -0.15) is 0 Å². The van der Waals surface area contributed by atoms with Crippen LogP contribution in [0, 0.1) is 5.92 Å². The summed E-state index contributed by atoms with van der Waals surface area (Å²) in [6.45, 7) is 3.21. The number of hydrogen-bond donors (Lipinski definition) is 1. The first-order chi connectivity index (χ1) is 6.33. The molecule has 0 aromatic heterocycles. The molecule has 3 nitrogen and oxygen atoms in total. The van der Waals surface area contributed by atoms with Gasteiger partial charge in [0, 0.05) is 32.3 Å². The van der Waals surface area contributed by atoms with Crippen molar-refractivity contribution in [2.24, 2.45) is 5.92 Å². The van der Waals surface area contributed by atoms with Crippen molar-refractivity contribution < 1.29 is 4.74 Å². The van der Waals surface area contributed by atoms with Crippen LogP contribution in [0.2, 0.25) is 0 Å². The lowest BCUT2D eigenvalue weighted by Crippen LogP contribution is -2.59. The van der Waals surface area contributed by atoms with Gasteiger partial charge in [-0.05, 0) is 25.8 Å². The molecule has 1 saturated heterocycles. The molecule has 0 aromatic rings. The van der Waals surface area contributed by atoms with E-state index in [2.05, 4.69) is 17.3 Å². The van der Waals surface area contributed by atoms with Gasteiger partial charge in [0.15, 0.2) is 0 Å². The molecule has 1 atom stereocenters. The SMILES string of the molecule is COCC(C1CC1)N(C)C1CNC1. The van der Waals surface area contributed by atoms with Gasteiger partial charge in [-0.3, -0.25) is 4.90 Å². The number of likely N-dealkylation sites (N-methyl/N-ethyl adjacent to an activating group) is 1. The molecule has 2 fully saturated rings. The maximum Gasteiger partial charge on any atom is 0.0620 e. The lowest BCUT2D eigenvalue weighted by molar-refractivity contribution is 0.0507. The Bertz CT molecular complexity index is 166. The summed E-state index contributed by atoms with van der Waals surface area (Å²) in [6.07, 6.45) is 2.80. The fourth-order valence-electron chi connectivity index (χ4n) is 2.07. The lowest BCUT2D eigenvalue weighted by Gasteiger charge is -2.40. The van der Waals surface area contributed by atoms with Crippen molar-refractivity contribution in [2.75, 3.05) is 33.9 Å². The second kappa shape index (κ2) is 3.95. The van der Waals surface area contributed by atoms with Crippen molar-refractivity contribution in [3.63, 3.8) is 0 Å². The Morgan fingerprint density at radius 2 is 2.15 bits per heavy atom. The van der Waals surface area contributed by atoms with Gasteiger partial charge >= 0.3 is 0 Å².